The highest BCUT2D eigenvalue weighted by atomic mass is 16.5. The van der Waals surface area contributed by atoms with Crippen molar-refractivity contribution in [1.82, 2.24) is 4.90 Å². The number of ether oxygens (including phenoxy) is 2. The van der Waals surface area contributed by atoms with Crippen molar-refractivity contribution in [1.29, 1.82) is 0 Å². The van der Waals surface area contributed by atoms with Crippen LogP contribution in [0.1, 0.15) is 43.2 Å². The van der Waals surface area contributed by atoms with Crippen molar-refractivity contribution in [2.24, 2.45) is 11.8 Å². The molecule has 3 aliphatic rings. The molecule has 6 nitrogen and oxygen atoms in total. The fraction of sp³-hybridized carbons (Fsp3) is 0.441. The van der Waals surface area contributed by atoms with Crippen molar-refractivity contribution in [2.45, 2.75) is 57.4 Å². The fourth-order valence-electron chi connectivity index (χ4n) is 5.45. The third kappa shape index (κ3) is 8.40. The molecular formula is C34H43N2O4+. The first kappa shape index (κ1) is 28.3. The molecule has 1 aliphatic heterocycles. The van der Waals surface area contributed by atoms with E-state index in [1.165, 1.54) is 11.1 Å². The van der Waals surface area contributed by atoms with Gasteiger partial charge in [-0.25, -0.2) is 4.57 Å². The highest BCUT2D eigenvalue weighted by Gasteiger charge is 2.31. The second-order valence-corrected chi connectivity index (χ2v) is 11.4. The second-order valence-electron chi connectivity index (χ2n) is 11.4. The van der Waals surface area contributed by atoms with Crippen LogP contribution in [-0.4, -0.2) is 53.6 Å². The average molecular weight is 544 g/mol. The molecule has 2 aliphatic carbocycles. The van der Waals surface area contributed by atoms with Crippen LogP contribution in [0.4, 0.5) is 0 Å². The van der Waals surface area contributed by atoms with Crippen molar-refractivity contribution in [3.8, 4) is 5.75 Å². The molecule has 2 aromatic carbocycles. The molecule has 0 atom stereocenters. The SMILES string of the molecule is OCC1CC(OC2=CCN(Cc3ccccc3)CC2)C1.OCC1CC(Oc2cc[n+](Cc3ccccc3)cc2)C1. The Kier molecular flexibility index (Phi) is 10.2. The molecule has 0 spiro atoms. The Balaban J connectivity index is 0.000000161. The van der Waals surface area contributed by atoms with E-state index in [4.69, 9.17) is 19.7 Å². The van der Waals surface area contributed by atoms with Gasteiger partial charge in [0.2, 0.25) is 0 Å². The Morgan fingerprint density at radius 3 is 1.85 bits per heavy atom. The van der Waals surface area contributed by atoms with Crippen LogP contribution in [0.25, 0.3) is 0 Å². The van der Waals surface area contributed by atoms with Gasteiger partial charge in [0.05, 0.1) is 18.0 Å². The van der Waals surface area contributed by atoms with Gasteiger partial charge >= 0.3 is 0 Å². The monoisotopic (exact) mass is 543 g/mol. The molecule has 0 amide bonds. The van der Waals surface area contributed by atoms with Gasteiger partial charge in [0, 0.05) is 57.0 Å². The predicted octanol–water partition coefficient (Wildman–Crippen LogP) is 4.74. The summed E-state index contributed by atoms with van der Waals surface area (Å²) in [5, 5.41) is 18.0. The van der Waals surface area contributed by atoms with Crippen LogP contribution in [0.3, 0.4) is 0 Å². The summed E-state index contributed by atoms with van der Waals surface area (Å²) in [6.45, 7) is 4.52. The van der Waals surface area contributed by atoms with Crippen molar-refractivity contribution < 1.29 is 24.3 Å². The first-order valence-corrected chi connectivity index (χ1v) is 14.7. The summed E-state index contributed by atoms with van der Waals surface area (Å²) in [5.74, 6) is 2.97. The largest absolute Gasteiger partial charge is 0.495 e. The Hall–Kier alpha value is -3.19. The molecule has 2 heterocycles. The minimum absolute atomic E-state index is 0.275. The van der Waals surface area contributed by atoms with Gasteiger partial charge in [-0.3, -0.25) is 4.90 Å². The van der Waals surface area contributed by atoms with Crippen molar-refractivity contribution in [3.05, 3.63) is 108 Å². The molecule has 0 saturated heterocycles. The molecule has 3 aromatic rings. The van der Waals surface area contributed by atoms with Gasteiger partial charge in [-0.1, -0.05) is 60.7 Å². The number of rotatable bonds is 10. The van der Waals surface area contributed by atoms with E-state index in [-0.39, 0.29) is 12.7 Å². The zero-order valence-electron chi connectivity index (χ0n) is 23.4. The van der Waals surface area contributed by atoms with Crippen LogP contribution in [0, 0.1) is 11.8 Å². The maximum atomic E-state index is 9.01. The van der Waals surface area contributed by atoms with Gasteiger partial charge in [0.1, 0.15) is 5.75 Å². The Bertz CT molecular complexity index is 1170. The average Bonchev–Trinajstić information content (AvgIpc) is 2.95. The van der Waals surface area contributed by atoms with Crippen molar-refractivity contribution in [2.75, 3.05) is 26.3 Å². The maximum Gasteiger partial charge on any atom is 0.173 e. The molecule has 1 aromatic heterocycles. The molecule has 0 unspecified atom stereocenters. The van der Waals surface area contributed by atoms with Gasteiger partial charge in [-0.2, -0.15) is 0 Å². The van der Waals surface area contributed by atoms with E-state index < -0.39 is 0 Å². The van der Waals surface area contributed by atoms with Gasteiger partial charge in [-0.15, -0.1) is 0 Å². The lowest BCUT2D eigenvalue weighted by Gasteiger charge is -2.36. The molecule has 2 fully saturated rings. The normalized spacial score (nSPS) is 24.0. The molecule has 6 heteroatoms. The standard InChI is InChI=1S/C17H23NO2.C17H20NO2/c2*19-13-15-10-17(11-15)20-16-6-8-18(9-7-16)12-14-4-2-1-3-5-14/h1-6,15,17,19H,7-13H2;1-9,15,17,19H,10-13H2/q;+1. The summed E-state index contributed by atoms with van der Waals surface area (Å²) in [6, 6.07) is 25.0. The third-order valence-electron chi connectivity index (χ3n) is 8.09. The van der Waals surface area contributed by atoms with Crippen LogP contribution in [-0.2, 0) is 17.8 Å². The van der Waals surface area contributed by atoms with Gasteiger partial charge in [-0.05, 0) is 49.2 Å². The van der Waals surface area contributed by atoms with E-state index >= 15 is 0 Å². The number of aliphatic hydroxyl groups is 2. The predicted molar refractivity (Wildman–Crippen MR) is 156 cm³/mol. The fourth-order valence-corrected chi connectivity index (χ4v) is 5.45. The molecule has 0 radical (unpaired) electrons. The minimum Gasteiger partial charge on any atom is -0.495 e. The van der Waals surface area contributed by atoms with E-state index in [0.29, 0.717) is 24.5 Å². The second kappa shape index (κ2) is 14.4. The molecule has 0 bridgehead atoms. The summed E-state index contributed by atoms with van der Waals surface area (Å²) in [5.41, 5.74) is 2.66. The van der Waals surface area contributed by atoms with E-state index in [0.717, 1.165) is 69.8 Å². The summed E-state index contributed by atoms with van der Waals surface area (Å²) < 4.78 is 14.0. The summed E-state index contributed by atoms with van der Waals surface area (Å²) >= 11 is 0. The zero-order valence-corrected chi connectivity index (χ0v) is 23.4. The summed E-state index contributed by atoms with van der Waals surface area (Å²) in [4.78, 5) is 2.44. The number of pyridine rings is 1. The van der Waals surface area contributed by atoms with Crippen molar-refractivity contribution >= 4 is 0 Å². The molecule has 2 N–H and O–H groups in total. The number of nitrogens with zero attached hydrogens (tertiary/aromatic N) is 2. The quantitative estimate of drug-likeness (QED) is 0.362. The molecule has 40 heavy (non-hydrogen) atoms. The number of aliphatic hydroxyl groups excluding tert-OH is 2. The number of hydrogen-bond donors (Lipinski definition) is 2. The van der Waals surface area contributed by atoms with Crippen LogP contribution in [0.5, 0.6) is 5.75 Å². The summed E-state index contributed by atoms with van der Waals surface area (Å²) in [7, 11) is 0. The molecule has 212 valence electrons. The highest BCUT2D eigenvalue weighted by Crippen LogP contribution is 2.32. The van der Waals surface area contributed by atoms with Crippen LogP contribution in [0.15, 0.2) is 97.0 Å². The van der Waals surface area contributed by atoms with Gasteiger partial charge in [0.15, 0.2) is 18.9 Å². The van der Waals surface area contributed by atoms with Crippen molar-refractivity contribution in [3.63, 3.8) is 0 Å². The number of hydrogen-bond acceptors (Lipinski definition) is 5. The van der Waals surface area contributed by atoms with Crippen LogP contribution in [0.2, 0.25) is 0 Å². The molecule has 6 rings (SSSR count). The lowest BCUT2D eigenvalue weighted by molar-refractivity contribution is -0.688. The summed E-state index contributed by atoms with van der Waals surface area (Å²) in [6.07, 6.45) is 11.9. The van der Waals surface area contributed by atoms with Gasteiger partial charge in [0.25, 0.3) is 0 Å². The Morgan fingerprint density at radius 1 is 0.725 bits per heavy atom. The number of aromatic nitrogens is 1. The topological polar surface area (TPSA) is 66.0 Å². The van der Waals surface area contributed by atoms with E-state index in [9.17, 15) is 0 Å². The van der Waals surface area contributed by atoms with Gasteiger partial charge < -0.3 is 19.7 Å². The lowest BCUT2D eigenvalue weighted by Crippen LogP contribution is -2.36. The maximum absolute atomic E-state index is 9.01. The van der Waals surface area contributed by atoms with E-state index in [2.05, 4.69) is 70.1 Å². The molecule has 2 saturated carbocycles. The van der Waals surface area contributed by atoms with Crippen LogP contribution < -0.4 is 9.30 Å². The Morgan fingerprint density at radius 2 is 1.30 bits per heavy atom. The zero-order chi connectivity index (χ0) is 27.6. The Labute approximate surface area is 238 Å². The first-order valence-electron chi connectivity index (χ1n) is 14.7. The van der Waals surface area contributed by atoms with E-state index in [1.54, 1.807) is 0 Å². The lowest BCUT2D eigenvalue weighted by atomic mass is 9.83. The smallest absolute Gasteiger partial charge is 0.173 e. The van der Waals surface area contributed by atoms with E-state index in [1.807, 2.05) is 30.6 Å². The van der Waals surface area contributed by atoms with Crippen LogP contribution >= 0.6 is 0 Å². The third-order valence-corrected chi connectivity index (χ3v) is 8.09. The minimum atomic E-state index is 0.275. The highest BCUT2D eigenvalue weighted by molar-refractivity contribution is 5.17. The number of benzene rings is 2. The first-order chi connectivity index (χ1) is 19.7. The molecular weight excluding hydrogens is 500 g/mol.